The van der Waals surface area contributed by atoms with E-state index in [1.807, 2.05) is 60.7 Å². The van der Waals surface area contributed by atoms with Crippen molar-refractivity contribution in [1.29, 1.82) is 0 Å². The van der Waals surface area contributed by atoms with Crippen LogP contribution in [0, 0.1) is 0 Å². The van der Waals surface area contributed by atoms with Crippen LogP contribution < -0.4 is 4.90 Å². The average molecular weight is 462 g/mol. The normalized spacial score (nSPS) is 16.1. The van der Waals surface area contributed by atoms with Gasteiger partial charge in [0.25, 0.3) is 5.91 Å². The Labute approximate surface area is 200 Å². The van der Waals surface area contributed by atoms with Gasteiger partial charge in [-0.05, 0) is 30.5 Å². The summed E-state index contributed by atoms with van der Waals surface area (Å²) in [7, 11) is 0. The van der Waals surface area contributed by atoms with E-state index in [0.717, 1.165) is 42.6 Å². The molecule has 2 aromatic rings. The first-order valence-corrected chi connectivity index (χ1v) is 12.1. The summed E-state index contributed by atoms with van der Waals surface area (Å²) >= 11 is 0. The van der Waals surface area contributed by atoms with Crippen molar-refractivity contribution >= 4 is 29.2 Å². The third-order valence-corrected chi connectivity index (χ3v) is 6.34. The van der Waals surface area contributed by atoms with Crippen LogP contribution in [0.5, 0.6) is 0 Å². The molecule has 0 N–H and O–H groups in total. The molecule has 1 aliphatic carbocycles. The largest absolute Gasteiger partial charge is 0.456 e. The third-order valence-electron chi connectivity index (χ3n) is 6.34. The second kappa shape index (κ2) is 11.6. The summed E-state index contributed by atoms with van der Waals surface area (Å²) in [6.45, 7) is 0.183. The van der Waals surface area contributed by atoms with Crippen LogP contribution in [0.4, 0.5) is 5.69 Å². The molecule has 0 atom stereocenters. The van der Waals surface area contributed by atoms with Gasteiger partial charge in [0.1, 0.15) is 0 Å². The highest BCUT2D eigenvalue weighted by Gasteiger charge is 2.28. The number of carbonyl (C=O) groups excluding carboxylic acids is 3. The molecule has 34 heavy (non-hydrogen) atoms. The van der Waals surface area contributed by atoms with Gasteiger partial charge in [0.05, 0.1) is 18.7 Å². The number of hydrogen-bond acceptors (Lipinski definition) is 5. The summed E-state index contributed by atoms with van der Waals surface area (Å²) in [6, 6.07) is 19.4. The molecule has 0 radical (unpaired) electrons. The minimum atomic E-state index is -0.551. The molecule has 1 aliphatic heterocycles. The zero-order valence-corrected chi connectivity index (χ0v) is 19.4. The number of nitrogens with zero attached hydrogens (tertiary/aromatic N) is 3. The number of hydrazone groups is 1. The number of rotatable bonds is 8. The molecule has 0 saturated heterocycles. The number of hydrogen-bond donors (Lipinski definition) is 0. The van der Waals surface area contributed by atoms with Gasteiger partial charge in [-0.15, -0.1) is 0 Å². The lowest BCUT2D eigenvalue weighted by molar-refractivity contribution is -0.149. The predicted octanol–water partition coefficient (Wildman–Crippen LogP) is 4.31. The van der Waals surface area contributed by atoms with Crippen LogP contribution in [-0.2, 0) is 19.1 Å². The Morgan fingerprint density at radius 1 is 0.912 bits per heavy atom. The van der Waals surface area contributed by atoms with Crippen molar-refractivity contribution < 1.29 is 19.1 Å². The Bertz CT molecular complexity index is 1020. The average Bonchev–Trinajstić information content (AvgIpc) is 3.39. The lowest BCUT2D eigenvalue weighted by atomic mass is 9.93. The van der Waals surface area contributed by atoms with Crippen molar-refractivity contribution in [3.63, 3.8) is 0 Å². The number of carbonyl (C=O) groups is 3. The molecule has 2 aromatic carbocycles. The van der Waals surface area contributed by atoms with Gasteiger partial charge in [-0.25, -0.2) is 5.01 Å². The lowest BCUT2D eigenvalue weighted by Crippen LogP contribution is -2.43. The molecule has 1 fully saturated rings. The smallest absolute Gasteiger partial charge is 0.306 e. The summed E-state index contributed by atoms with van der Waals surface area (Å²) in [5.74, 6) is -0.999. The van der Waals surface area contributed by atoms with E-state index < -0.39 is 5.97 Å². The Balaban J connectivity index is 1.27. The summed E-state index contributed by atoms with van der Waals surface area (Å²) in [5.41, 5.74) is 2.69. The number of ether oxygens (including phenoxy) is 1. The minimum Gasteiger partial charge on any atom is -0.456 e. The number of esters is 1. The molecular formula is C27H31N3O4. The summed E-state index contributed by atoms with van der Waals surface area (Å²) in [4.78, 5) is 39.6. The fourth-order valence-electron chi connectivity index (χ4n) is 4.58. The molecule has 1 saturated carbocycles. The molecule has 2 aliphatic rings. The lowest BCUT2D eigenvalue weighted by Gasteiger charge is -2.34. The van der Waals surface area contributed by atoms with Crippen LogP contribution in [-0.4, -0.2) is 47.7 Å². The van der Waals surface area contributed by atoms with E-state index in [0.29, 0.717) is 13.0 Å². The third kappa shape index (κ3) is 6.10. The van der Waals surface area contributed by atoms with Gasteiger partial charge in [0, 0.05) is 24.6 Å². The van der Waals surface area contributed by atoms with Gasteiger partial charge in [-0.3, -0.25) is 14.4 Å². The standard InChI is InChI=1S/C27H31N3O4/c31-25(29-19-18-24(28-29)21-10-4-1-5-11-21)16-17-27(33)34-20-26(32)30(22-12-6-2-7-13-22)23-14-8-3-9-15-23/h1-2,4-7,10-13,23H,3,8-9,14-20H2. The minimum absolute atomic E-state index is 0.00359. The second-order valence-corrected chi connectivity index (χ2v) is 8.73. The fraction of sp³-hybridized carbons (Fsp3) is 0.407. The van der Waals surface area contributed by atoms with Crippen molar-refractivity contribution in [2.24, 2.45) is 5.10 Å². The van der Waals surface area contributed by atoms with Gasteiger partial charge < -0.3 is 9.64 Å². The first-order valence-electron chi connectivity index (χ1n) is 12.1. The van der Waals surface area contributed by atoms with Crippen molar-refractivity contribution in [2.45, 2.75) is 57.4 Å². The highest BCUT2D eigenvalue weighted by atomic mass is 16.5. The number of anilines is 1. The van der Waals surface area contributed by atoms with Crippen LogP contribution in [0.2, 0.25) is 0 Å². The molecule has 0 unspecified atom stereocenters. The number of benzene rings is 2. The molecule has 0 spiro atoms. The molecule has 1 heterocycles. The Kier molecular flexibility index (Phi) is 8.07. The van der Waals surface area contributed by atoms with Gasteiger partial charge in [-0.1, -0.05) is 67.8 Å². The molecule has 4 rings (SSSR count). The maximum Gasteiger partial charge on any atom is 0.306 e. The first kappa shape index (κ1) is 23.7. The van der Waals surface area contributed by atoms with E-state index in [2.05, 4.69) is 5.10 Å². The van der Waals surface area contributed by atoms with Crippen LogP contribution >= 0.6 is 0 Å². The highest BCUT2D eigenvalue weighted by Crippen LogP contribution is 2.27. The van der Waals surface area contributed by atoms with Crippen LogP contribution in [0.1, 0.15) is 56.9 Å². The molecule has 7 heteroatoms. The van der Waals surface area contributed by atoms with Crippen LogP contribution in [0.25, 0.3) is 0 Å². The maximum atomic E-state index is 13.0. The van der Waals surface area contributed by atoms with Crippen molar-refractivity contribution in [2.75, 3.05) is 18.1 Å². The van der Waals surface area contributed by atoms with Crippen LogP contribution in [0.15, 0.2) is 65.8 Å². The Morgan fingerprint density at radius 3 is 2.29 bits per heavy atom. The molecular weight excluding hydrogens is 430 g/mol. The van der Waals surface area contributed by atoms with E-state index >= 15 is 0 Å². The van der Waals surface area contributed by atoms with E-state index in [9.17, 15) is 14.4 Å². The fourth-order valence-corrected chi connectivity index (χ4v) is 4.58. The summed E-state index contributed by atoms with van der Waals surface area (Å²) in [6.07, 6.45) is 5.88. The molecule has 0 bridgehead atoms. The zero-order chi connectivity index (χ0) is 23.8. The number of amides is 2. The SMILES string of the molecule is O=C(CCC(=O)N1CCC(c2ccccc2)=N1)OCC(=O)N(c1ccccc1)C1CCCCC1. The van der Waals surface area contributed by atoms with Gasteiger partial charge >= 0.3 is 5.97 Å². The van der Waals surface area contributed by atoms with Crippen molar-refractivity contribution in [3.05, 3.63) is 66.2 Å². The van der Waals surface area contributed by atoms with E-state index in [4.69, 9.17) is 4.74 Å². The summed E-state index contributed by atoms with van der Waals surface area (Å²) < 4.78 is 5.26. The predicted molar refractivity (Wildman–Crippen MR) is 130 cm³/mol. The molecule has 7 nitrogen and oxygen atoms in total. The second-order valence-electron chi connectivity index (χ2n) is 8.73. The Hall–Kier alpha value is -3.48. The first-order chi connectivity index (χ1) is 16.6. The van der Waals surface area contributed by atoms with Crippen molar-refractivity contribution in [1.82, 2.24) is 5.01 Å². The van der Waals surface area contributed by atoms with E-state index in [1.165, 1.54) is 11.4 Å². The van der Waals surface area contributed by atoms with Gasteiger partial charge in [-0.2, -0.15) is 5.10 Å². The van der Waals surface area contributed by atoms with Crippen LogP contribution in [0.3, 0.4) is 0 Å². The molecule has 178 valence electrons. The monoisotopic (exact) mass is 461 g/mol. The van der Waals surface area contributed by atoms with Gasteiger partial charge in [0.2, 0.25) is 5.91 Å². The van der Waals surface area contributed by atoms with Crippen molar-refractivity contribution in [3.8, 4) is 0 Å². The van der Waals surface area contributed by atoms with E-state index in [1.54, 1.807) is 4.90 Å². The summed E-state index contributed by atoms with van der Waals surface area (Å²) in [5, 5.41) is 5.82. The Morgan fingerprint density at radius 2 is 1.59 bits per heavy atom. The highest BCUT2D eigenvalue weighted by molar-refractivity contribution is 6.02. The van der Waals surface area contributed by atoms with Gasteiger partial charge in [0.15, 0.2) is 6.61 Å². The van der Waals surface area contributed by atoms with E-state index in [-0.39, 0.29) is 37.3 Å². The molecule has 2 amide bonds. The number of para-hydroxylation sites is 1. The molecule has 0 aromatic heterocycles. The zero-order valence-electron chi connectivity index (χ0n) is 19.4. The quantitative estimate of drug-likeness (QED) is 0.549. The topological polar surface area (TPSA) is 79.3 Å². The maximum absolute atomic E-state index is 13.0.